The maximum Gasteiger partial charge on any atom is 0.287 e. The van der Waals surface area contributed by atoms with Gasteiger partial charge in [-0.15, -0.1) is 0 Å². The Morgan fingerprint density at radius 2 is 1.82 bits per heavy atom. The van der Waals surface area contributed by atoms with Crippen molar-refractivity contribution >= 4 is 46.6 Å². The van der Waals surface area contributed by atoms with E-state index in [2.05, 4.69) is 20.3 Å². The Bertz CT molecular complexity index is 1130. The van der Waals surface area contributed by atoms with Crippen LogP contribution in [0.3, 0.4) is 0 Å². The lowest BCUT2D eigenvalue weighted by Gasteiger charge is -2.18. The number of aromatic nitrogens is 4. The van der Waals surface area contributed by atoms with E-state index in [4.69, 9.17) is 38.0 Å². The summed E-state index contributed by atoms with van der Waals surface area (Å²) in [6, 6.07) is 7.79. The minimum atomic E-state index is -0.551. The van der Waals surface area contributed by atoms with Crippen LogP contribution in [0.1, 0.15) is 10.5 Å². The van der Waals surface area contributed by atoms with Crippen LogP contribution in [-0.4, -0.2) is 26.2 Å². The Hall–Kier alpha value is -3.43. The van der Waals surface area contributed by atoms with Crippen molar-refractivity contribution in [2.24, 2.45) is 0 Å². The molecule has 0 aliphatic heterocycles. The molecule has 0 atom stereocenters. The van der Waals surface area contributed by atoms with Crippen LogP contribution in [0.4, 0.5) is 17.5 Å². The first-order valence-electron chi connectivity index (χ1n) is 7.78. The SMILES string of the molecule is Nc1nc(N(C(=O)c2ccon2)c2ccon2)cnc1-c1cc(Cl)ccc1Cl. The van der Waals surface area contributed by atoms with Gasteiger partial charge >= 0.3 is 0 Å². The molecule has 0 saturated heterocycles. The predicted molar refractivity (Wildman–Crippen MR) is 101 cm³/mol. The quantitative estimate of drug-likeness (QED) is 0.529. The van der Waals surface area contributed by atoms with Crippen LogP contribution in [0.5, 0.6) is 0 Å². The lowest BCUT2D eigenvalue weighted by Crippen LogP contribution is -2.28. The molecule has 4 aromatic rings. The summed E-state index contributed by atoms with van der Waals surface area (Å²) in [6.45, 7) is 0. The number of nitrogen functional groups attached to an aromatic ring is 1. The second-order valence-electron chi connectivity index (χ2n) is 5.47. The summed E-state index contributed by atoms with van der Waals surface area (Å²) in [5.41, 5.74) is 6.98. The lowest BCUT2D eigenvalue weighted by atomic mass is 10.1. The Balaban J connectivity index is 1.79. The average Bonchev–Trinajstić information content (AvgIpc) is 3.38. The molecule has 140 valence electrons. The molecule has 3 aromatic heterocycles. The highest BCUT2D eigenvalue weighted by Gasteiger charge is 2.26. The molecule has 1 amide bonds. The van der Waals surface area contributed by atoms with Gasteiger partial charge in [0.05, 0.1) is 11.2 Å². The molecule has 0 bridgehead atoms. The molecule has 0 aliphatic carbocycles. The van der Waals surface area contributed by atoms with Crippen molar-refractivity contribution in [1.29, 1.82) is 0 Å². The van der Waals surface area contributed by atoms with Crippen LogP contribution in [0.2, 0.25) is 10.0 Å². The van der Waals surface area contributed by atoms with Gasteiger partial charge in [-0.2, -0.15) is 0 Å². The molecular formula is C17H10Cl2N6O3. The highest BCUT2D eigenvalue weighted by atomic mass is 35.5. The second-order valence-corrected chi connectivity index (χ2v) is 6.31. The lowest BCUT2D eigenvalue weighted by molar-refractivity contribution is 0.0988. The first kappa shape index (κ1) is 18.0. The Morgan fingerprint density at radius 3 is 2.50 bits per heavy atom. The molecule has 0 spiro atoms. The number of hydrogen-bond acceptors (Lipinski definition) is 8. The van der Waals surface area contributed by atoms with Gasteiger partial charge in [0.2, 0.25) is 0 Å². The van der Waals surface area contributed by atoms with E-state index < -0.39 is 5.91 Å². The highest BCUT2D eigenvalue weighted by Crippen LogP contribution is 2.33. The van der Waals surface area contributed by atoms with Gasteiger partial charge in [-0.05, 0) is 18.2 Å². The molecule has 9 nitrogen and oxygen atoms in total. The summed E-state index contributed by atoms with van der Waals surface area (Å²) in [5.74, 6) is -0.218. The first-order valence-corrected chi connectivity index (χ1v) is 8.53. The number of benzene rings is 1. The number of anilines is 3. The van der Waals surface area contributed by atoms with Gasteiger partial charge in [0.1, 0.15) is 18.2 Å². The maximum atomic E-state index is 12.8. The topological polar surface area (TPSA) is 124 Å². The van der Waals surface area contributed by atoms with Crippen molar-refractivity contribution in [2.75, 3.05) is 10.6 Å². The van der Waals surface area contributed by atoms with Gasteiger partial charge in [0.25, 0.3) is 5.91 Å². The van der Waals surface area contributed by atoms with Crippen LogP contribution < -0.4 is 10.6 Å². The van der Waals surface area contributed by atoms with Crippen molar-refractivity contribution in [1.82, 2.24) is 20.3 Å². The number of rotatable bonds is 4. The third kappa shape index (κ3) is 3.28. The van der Waals surface area contributed by atoms with Gasteiger partial charge in [0.15, 0.2) is 23.1 Å². The van der Waals surface area contributed by atoms with Gasteiger partial charge < -0.3 is 14.8 Å². The third-order valence-corrected chi connectivity index (χ3v) is 4.28. The molecule has 0 saturated carbocycles. The molecular weight excluding hydrogens is 407 g/mol. The molecule has 28 heavy (non-hydrogen) atoms. The van der Waals surface area contributed by atoms with Crippen LogP contribution in [0.25, 0.3) is 11.3 Å². The zero-order valence-corrected chi connectivity index (χ0v) is 15.4. The molecule has 3 heterocycles. The van der Waals surface area contributed by atoms with E-state index >= 15 is 0 Å². The summed E-state index contributed by atoms with van der Waals surface area (Å²) in [5, 5.41) is 8.30. The predicted octanol–water partition coefficient (Wildman–Crippen LogP) is 3.99. The monoisotopic (exact) mass is 416 g/mol. The molecule has 1 aromatic carbocycles. The molecule has 0 unspecified atom stereocenters. The number of hydrogen-bond donors (Lipinski definition) is 1. The molecule has 2 N–H and O–H groups in total. The third-order valence-electron chi connectivity index (χ3n) is 3.71. The van der Waals surface area contributed by atoms with Gasteiger partial charge in [0, 0.05) is 22.7 Å². The molecule has 0 aliphatic rings. The summed E-state index contributed by atoms with van der Waals surface area (Å²) in [4.78, 5) is 22.6. The van der Waals surface area contributed by atoms with E-state index in [1.54, 1.807) is 18.2 Å². The Labute approximate surface area is 167 Å². The van der Waals surface area contributed by atoms with Crippen molar-refractivity contribution in [2.45, 2.75) is 0 Å². The Morgan fingerprint density at radius 1 is 1.04 bits per heavy atom. The first-order chi connectivity index (χ1) is 13.5. The number of nitrogens with two attached hydrogens (primary N) is 1. The fraction of sp³-hybridized carbons (Fsp3) is 0. The van der Waals surface area contributed by atoms with Crippen molar-refractivity contribution in [3.05, 3.63) is 64.8 Å². The number of halogens is 2. The highest BCUT2D eigenvalue weighted by molar-refractivity contribution is 6.35. The fourth-order valence-electron chi connectivity index (χ4n) is 2.47. The van der Waals surface area contributed by atoms with Crippen molar-refractivity contribution < 1.29 is 13.8 Å². The van der Waals surface area contributed by atoms with E-state index in [9.17, 15) is 4.79 Å². The number of nitrogens with zero attached hydrogens (tertiary/aromatic N) is 5. The summed E-state index contributed by atoms with van der Waals surface area (Å²) >= 11 is 12.2. The number of carbonyl (C=O) groups excluding carboxylic acids is 1. The van der Waals surface area contributed by atoms with Crippen molar-refractivity contribution in [3.63, 3.8) is 0 Å². The summed E-state index contributed by atoms with van der Waals surface area (Å²) in [7, 11) is 0. The zero-order valence-electron chi connectivity index (χ0n) is 13.9. The summed E-state index contributed by atoms with van der Waals surface area (Å²) in [6.07, 6.45) is 3.95. The fourth-order valence-corrected chi connectivity index (χ4v) is 2.85. The largest absolute Gasteiger partial charge is 0.382 e. The minimum Gasteiger partial charge on any atom is -0.382 e. The average molecular weight is 417 g/mol. The summed E-state index contributed by atoms with van der Waals surface area (Å²) < 4.78 is 9.57. The normalized spacial score (nSPS) is 10.8. The van der Waals surface area contributed by atoms with Crippen LogP contribution in [0.15, 0.2) is 58.1 Å². The van der Waals surface area contributed by atoms with Gasteiger partial charge in [-0.1, -0.05) is 33.5 Å². The molecule has 4 rings (SSSR count). The Kier molecular flexibility index (Phi) is 4.68. The van der Waals surface area contributed by atoms with Crippen molar-refractivity contribution in [3.8, 4) is 11.3 Å². The van der Waals surface area contributed by atoms with Gasteiger partial charge in [-0.3, -0.25) is 4.79 Å². The van der Waals surface area contributed by atoms with E-state index in [-0.39, 0.29) is 23.1 Å². The minimum absolute atomic E-state index is 0.0446. The van der Waals surface area contributed by atoms with Crippen LogP contribution >= 0.6 is 23.2 Å². The molecule has 0 fully saturated rings. The van der Waals surface area contributed by atoms with E-state index in [0.717, 1.165) is 4.90 Å². The van der Waals surface area contributed by atoms with E-state index in [1.807, 2.05) is 0 Å². The second kappa shape index (κ2) is 7.29. The van der Waals surface area contributed by atoms with Crippen LogP contribution in [-0.2, 0) is 0 Å². The maximum absolute atomic E-state index is 12.8. The number of amides is 1. The van der Waals surface area contributed by atoms with Gasteiger partial charge in [-0.25, -0.2) is 14.9 Å². The number of carbonyl (C=O) groups is 1. The van der Waals surface area contributed by atoms with Crippen LogP contribution in [0, 0.1) is 0 Å². The molecule has 11 heteroatoms. The molecule has 0 radical (unpaired) electrons. The smallest absolute Gasteiger partial charge is 0.287 e. The standard InChI is InChI=1S/C17H10Cl2N6O3/c18-9-1-2-11(19)10(7-9)15-16(20)22-14(8-21-15)25(13-4-6-28-24-13)17(26)12-3-5-27-23-12/h1-8H,(H2,20,22). The zero-order chi connectivity index (χ0) is 19.7. The van der Waals surface area contributed by atoms with E-state index in [1.165, 1.54) is 30.9 Å². The van der Waals surface area contributed by atoms with E-state index in [0.29, 0.717) is 21.3 Å².